The van der Waals surface area contributed by atoms with Crippen LogP contribution >= 0.6 is 0 Å². The molecule has 3 aliphatic rings. The first-order valence-electron chi connectivity index (χ1n) is 7.62. The number of carbonyl (C=O) groups excluding carboxylic acids is 2. The number of hydrogen-bond acceptors (Lipinski definition) is 7. The van der Waals surface area contributed by atoms with Crippen LogP contribution in [0.2, 0.25) is 0 Å². The Bertz CT molecular complexity index is 836. The van der Waals surface area contributed by atoms with Gasteiger partial charge in [-0.1, -0.05) is 12.2 Å². The third-order valence-electron chi connectivity index (χ3n) is 5.02. The van der Waals surface area contributed by atoms with Crippen molar-refractivity contribution >= 4 is 23.2 Å². The lowest BCUT2D eigenvalue weighted by Gasteiger charge is -2.26. The highest BCUT2D eigenvalue weighted by atomic mass is 16.6. The maximum atomic E-state index is 12.9. The van der Waals surface area contributed by atoms with Crippen LogP contribution in [0.15, 0.2) is 30.4 Å². The summed E-state index contributed by atoms with van der Waals surface area (Å²) in [5.74, 6) is -2.60. The maximum absolute atomic E-state index is 12.9. The topological polar surface area (TPSA) is 119 Å². The van der Waals surface area contributed by atoms with Crippen molar-refractivity contribution < 1.29 is 29.1 Å². The highest BCUT2D eigenvalue weighted by Crippen LogP contribution is 2.53. The summed E-state index contributed by atoms with van der Waals surface area (Å²) in [7, 11) is 1.36. The van der Waals surface area contributed by atoms with Gasteiger partial charge in [0.25, 0.3) is 5.69 Å². The number of aliphatic hydroxyl groups excluding tert-OH is 1. The Hall–Kier alpha value is -2.78. The first-order chi connectivity index (χ1) is 11.9. The van der Waals surface area contributed by atoms with Gasteiger partial charge in [0.1, 0.15) is 17.0 Å². The van der Waals surface area contributed by atoms with Crippen molar-refractivity contribution in [3.8, 4) is 5.75 Å². The Kier molecular flexibility index (Phi) is 3.21. The van der Waals surface area contributed by atoms with Gasteiger partial charge in [0.05, 0.1) is 42.6 Å². The van der Waals surface area contributed by atoms with Crippen molar-refractivity contribution in [1.29, 1.82) is 0 Å². The average Bonchev–Trinajstić information content (AvgIpc) is 3.25. The lowest BCUT2D eigenvalue weighted by Crippen LogP contribution is -2.43. The predicted molar refractivity (Wildman–Crippen MR) is 83.0 cm³/mol. The number of nitrogens with zero attached hydrogens (tertiary/aromatic N) is 2. The van der Waals surface area contributed by atoms with E-state index < -0.39 is 52.6 Å². The SMILES string of the molecule is COc1ccc(N2C(=O)[C@@H]3[C@@H]4C=C[C@](CO)(O4)[C@@H]3C2=O)c([N+](=O)[O-])c1. The molecular weight excluding hydrogens is 332 g/mol. The van der Waals surface area contributed by atoms with E-state index >= 15 is 0 Å². The quantitative estimate of drug-likeness (QED) is 0.363. The number of rotatable bonds is 4. The second kappa shape index (κ2) is 5.11. The van der Waals surface area contributed by atoms with E-state index in [9.17, 15) is 24.8 Å². The summed E-state index contributed by atoms with van der Waals surface area (Å²) < 4.78 is 10.6. The summed E-state index contributed by atoms with van der Waals surface area (Å²) >= 11 is 0. The Balaban J connectivity index is 1.80. The molecule has 130 valence electrons. The number of carbonyl (C=O) groups is 2. The molecule has 9 nitrogen and oxygen atoms in total. The van der Waals surface area contributed by atoms with Crippen molar-refractivity contribution in [1.82, 2.24) is 0 Å². The molecule has 2 fully saturated rings. The lowest BCUT2D eigenvalue weighted by atomic mass is 9.77. The number of nitro benzene ring substituents is 1. The number of aliphatic hydroxyl groups is 1. The van der Waals surface area contributed by atoms with Crippen LogP contribution in [0, 0.1) is 22.0 Å². The molecule has 2 saturated heterocycles. The molecule has 0 saturated carbocycles. The van der Waals surface area contributed by atoms with E-state index in [4.69, 9.17) is 9.47 Å². The number of nitro groups is 1. The summed E-state index contributed by atoms with van der Waals surface area (Å²) in [6.45, 7) is -0.446. The van der Waals surface area contributed by atoms with Crippen molar-refractivity contribution in [2.45, 2.75) is 11.7 Å². The molecule has 3 aliphatic heterocycles. The van der Waals surface area contributed by atoms with E-state index in [-0.39, 0.29) is 11.4 Å². The second-order valence-corrected chi connectivity index (χ2v) is 6.18. The largest absolute Gasteiger partial charge is 0.496 e. The minimum absolute atomic E-state index is 0.109. The van der Waals surface area contributed by atoms with E-state index in [0.717, 1.165) is 11.0 Å². The summed E-state index contributed by atoms with van der Waals surface area (Å²) in [5, 5.41) is 21.1. The van der Waals surface area contributed by atoms with Gasteiger partial charge in [-0.25, -0.2) is 4.90 Å². The van der Waals surface area contributed by atoms with E-state index in [1.807, 2.05) is 0 Å². The van der Waals surface area contributed by atoms with E-state index in [0.29, 0.717) is 0 Å². The van der Waals surface area contributed by atoms with Crippen LogP contribution in [0.4, 0.5) is 11.4 Å². The summed E-state index contributed by atoms with van der Waals surface area (Å²) in [6.07, 6.45) is 2.63. The molecule has 2 bridgehead atoms. The highest BCUT2D eigenvalue weighted by molar-refractivity contribution is 6.24. The van der Waals surface area contributed by atoms with Crippen LogP contribution in [-0.2, 0) is 14.3 Å². The number of fused-ring (bicyclic) bond motifs is 5. The molecule has 2 amide bonds. The van der Waals surface area contributed by atoms with Gasteiger partial charge in [0.15, 0.2) is 0 Å². The molecule has 0 spiro atoms. The molecule has 9 heteroatoms. The zero-order valence-electron chi connectivity index (χ0n) is 13.1. The molecular formula is C16H14N2O7. The molecule has 0 unspecified atom stereocenters. The Morgan fingerprint density at radius 2 is 2.16 bits per heavy atom. The molecule has 25 heavy (non-hydrogen) atoms. The molecule has 4 atom stereocenters. The maximum Gasteiger partial charge on any atom is 0.297 e. The number of benzene rings is 1. The number of anilines is 1. The number of hydrogen-bond donors (Lipinski definition) is 1. The third kappa shape index (κ3) is 1.90. The average molecular weight is 346 g/mol. The molecule has 0 radical (unpaired) electrons. The normalized spacial score (nSPS) is 32.4. The second-order valence-electron chi connectivity index (χ2n) is 6.18. The monoisotopic (exact) mass is 346 g/mol. The standard InChI is InChI=1S/C16H14N2O7/c1-24-8-2-3-9(10(6-8)18(22)23)17-14(20)12-11-4-5-16(7-19,25-11)13(12)15(17)21/h2-6,11-13,19H,7H2,1H3/t11-,12+,13-,16+/m0/s1. The molecule has 0 aromatic heterocycles. The van der Waals surface area contributed by atoms with Gasteiger partial charge in [-0.15, -0.1) is 0 Å². The Morgan fingerprint density at radius 3 is 2.80 bits per heavy atom. The first kappa shape index (κ1) is 15.7. The van der Waals surface area contributed by atoms with Gasteiger partial charge in [-0.2, -0.15) is 0 Å². The first-order valence-corrected chi connectivity index (χ1v) is 7.62. The van der Waals surface area contributed by atoms with Gasteiger partial charge in [0.2, 0.25) is 11.8 Å². The van der Waals surface area contributed by atoms with Gasteiger partial charge in [-0.05, 0) is 12.1 Å². The minimum atomic E-state index is -1.24. The van der Waals surface area contributed by atoms with Crippen LogP contribution in [0.25, 0.3) is 0 Å². The predicted octanol–water partition coefficient (Wildman–Crippen LogP) is 0.409. The molecule has 0 aliphatic carbocycles. The fourth-order valence-electron chi connectivity index (χ4n) is 3.89. The van der Waals surface area contributed by atoms with Gasteiger partial charge in [-0.3, -0.25) is 19.7 Å². The van der Waals surface area contributed by atoms with E-state index in [2.05, 4.69) is 0 Å². The smallest absolute Gasteiger partial charge is 0.297 e. The number of amides is 2. The molecule has 1 aromatic carbocycles. The zero-order chi connectivity index (χ0) is 17.9. The van der Waals surface area contributed by atoms with Gasteiger partial charge < -0.3 is 14.6 Å². The van der Waals surface area contributed by atoms with Crippen molar-refractivity contribution in [2.75, 3.05) is 18.6 Å². The van der Waals surface area contributed by atoms with E-state index in [1.165, 1.54) is 19.2 Å². The fraction of sp³-hybridized carbons (Fsp3) is 0.375. The summed E-state index contributed by atoms with van der Waals surface area (Å²) in [4.78, 5) is 37.3. The minimum Gasteiger partial charge on any atom is -0.496 e. The van der Waals surface area contributed by atoms with Crippen LogP contribution in [0.1, 0.15) is 0 Å². The van der Waals surface area contributed by atoms with Crippen molar-refractivity contribution in [2.24, 2.45) is 11.8 Å². The number of ether oxygens (including phenoxy) is 2. The van der Waals surface area contributed by atoms with Crippen LogP contribution in [-0.4, -0.2) is 47.3 Å². The Morgan fingerprint density at radius 1 is 1.40 bits per heavy atom. The fourth-order valence-corrected chi connectivity index (χ4v) is 3.89. The highest BCUT2D eigenvalue weighted by Gasteiger charge is 2.68. The summed E-state index contributed by atoms with van der Waals surface area (Å²) in [5.41, 5.74) is -1.75. The van der Waals surface area contributed by atoms with Crippen molar-refractivity contribution in [3.63, 3.8) is 0 Å². The van der Waals surface area contributed by atoms with Crippen LogP contribution < -0.4 is 9.64 Å². The van der Waals surface area contributed by atoms with E-state index in [1.54, 1.807) is 12.2 Å². The molecule has 3 heterocycles. The van der Waals surface area contributed by atoms with Gasteiger partial charge >= 0.3 is 0 Å². The van der Waals surface area contributed by atoms with Crippen LogP contribution in [0.5, 0.6) is 5.75 Å². The summed E-state index contributed by atoms with van der Waals surface area (Å²) in [6, 6.07) is 3.92. The molecule has 1 aromatic rings. The van der Waals surface area contributed by atoms with Crippen LogP contribution in [0.3, 0.4) is 0 Å². The molecule has 4 rings (SSSR count). The Labute approximate surface area is 141 Å². The van der Waals surface area contributed by atoms with Gasteiger partial charge in [0, 0.05) is 0 Å². The molecule has 1 N–H and O–H groups in total. The number of methoxy groups -OCH3 is 1. The zero-order valence-corrected chi connectivity index (χ0v) is 13.1. The number of imide groups is 1. The van der Waals surface area contributed by atoms with Crippen molar-refractivity contribution in [3.05, 3.63) is 40.5 Å². The third-order valence-corrected chi connectivity index (χ3v) is 5.02. The lowest BCUT2D eigenvalue weighted by molar-refractivity contribution is -0.384.